The standard InChI is InChI=1S/C15H21N3O4S.ClH/c1-16-8-4-9-17-23(21,22)11-5-10-18-14(19)12-6-2-3-7-13(12)15(18)20;/h2-3,6-7,16-17H,4-5,8-11H2,1H3;1H. The van der Waals surface area contributed by atoms with Crippen LogP contribution in [0, 0.1) is 0 Å². The molecule has 1 heterocycles. The van der Waals surface area contributed by atoms with E-state index in [0.717, 1.165) is 11.4 Å². The van der Waals surface area contributed by atoms with E-state index < -0.39 is 10.0 Å². The second-order valence-corrected chi connectivity index (χ2v) is 7.26. The summed E-state index contributed by atoms with van der Waals surface area (Å²) in [6.07, 6.45) is 0.918. The number of benzene rings is 1. The zero-order valence-electron chi connectivity index (χ0n) is 13.4. The molecule has 0 bridgehead atoms. The Morgan fingerprint density at radius 3 is 2.12 bits per heavy atom. The highest BCUT2D eigenvalue weighted by Crippen LogP contribution is 2.22. The third-order valence-electron chi connectivity index (χ3n) is 3.60. The van der Waals surface area contributed by atoms with Crippen molar-refractivity contribution in [2.24, 2.45) is 0 Å². The van der Waals surface area contributed by atoms with Gasteiger partial charge >= 0.3 is 0 Å². The smallest absolute Gasteiger partial charge is 0.261 e. The topological polar surface area (TPSA) is 95.6 Å². The summed E-state index contributed by atoms with van der Waals surface area (Å²) in [7, 11) is -1.58. The lowest BCUT2D eigenvalue weighted by Crippen LogP contribution is -2.34. The van der Waals surface area contributed by atoms with Gasteiger partial charge in [-0.1, -0.05) is 12.1 Å². The van der Waals surface area contributed by atoms with Crippen molar-refractivity contribution in [1.82, 2.24) is 14.9 Å². The van der Waals surface area contributed by atoms with Gasteiger partial charge in [-0.25, -0.2) is 13.1 Å². The number of rotatable bonds is 9. The fourth-order valence-electron chi connectivity index (χ4n) is 2.42. The Morgan fingerprint density at radius 2 is 1.58 bits per heavy atom. The summed E-state index contributed by atoms with van der Waals surface area (Å²) in [6, 6.07) is 6.62. The first-order valence-corrected chi connectivity index (χ1v) is 9.18. The summed E-state index contributed by atoms with van der Waals surface area (Å²) < 4.78 is 26.2. The predicted octanol–water partition coefficient (Wildman–Crippen LogP) is 0.623. The van der Waals surface area contributed by atoms with E-state index in [1.54, 1.807) is 31.3 Å². The first-order valence-electron chi connectivity index (χ1n) is 7.53. The third kappa shape index (κ3) is 5.01. The van der Waals surface area contributed by atoms with Crippen LogP contribution in [0.15, 0.2) is 24.3 Å². The number of hydrogen-bond donors (Lipinski definition) is 2. The van der Waals surface area contributed by atoms with Gasteiger partial charge in [0.05, 0.1) is 16.9 Å². The summed E-state index contributed by atoms with van der Waals surface area (Å²) in [5.41, 5.74) is 0.760. The maximum absolute atomic E-state index is 12.1. The fourth-order valence-corrected chi connectivity index (χ4v) is 3.53. The minimum absolute atomic E-state index is 0. The van der Waals surface area contributed by atoms with Crippen LogP contribution in [0.5, 0.6) is 0 Å². The quantitative estimate of drug-likeness (QED) is 0.487. The van der Waals surface area contributed by atoms with Crippen LogP contribution in [-0.2, 0) is 10.0 Å². The molecule has 0 aliphatic carbocycles. The van der Waals surface area contributed by atoms with E-state index in [2.05, 4.69) is 10.0 Å². The van der Waals surface area contributed by atoms with Gasteiger partial charge in [-0.2, -0.15) is 0 Å². The van der Waals surface area contributed by atoms with Crippen LogP contribution in [-0.4, -0.2) is 57.6 Å². The summed E-state index contributed by atoms with van der Waals surface area (Å²) >= 11 is 0. The van der Waals surface area contributed by atoms with Gasteiger partial charge in [-0.3, -0.25) is 14.5 Å². The summed E-state index contributed by atoms with van der Waals surface area (Å²) in [5, 5.41) is 2.94. The van der Waals surface area contributed by atoms with E-state index in [1.165, 1.54) is 0 Å². The van der Waals surface area contributed by atoms with E-state index in [9.17, 15) is 18.0 Å². The molecule has 0 fully saturated rings. The number of nitrogens with zero attached hydrogens (tertiary/aromatic N) is 1. The lowest BCUT2D eigenvalue weighted by Gasteiger charge is -2.13. The number of fused-ring (bicyclic) bond motifs is 1. The third-order valence-corrected chi connectivity index (χ3v) is 5.07. The van der Waals surface area contributed by atoms with Gasteiger partial charge in [0.15, 0.2) is 0 Å². The molecule has 2 amide bonds. The predicted molar refractivity (Wildman–Crippen MR) is 94.0 cm³/mol. The Kier molecular flexibility index (Phi) is 7.82. The number of imide groups is 1. The minimum atomic E-state index is -3.38. The number of amides is 2. The Labute approximate surface area is 148 Å². The molecule has 7 nitrogen and oxygen atoms in total. The Morgan fingerprint density at radius 1 is 1.00 bits per heavy atom. The van der Waals surface area contributed by atoms with E-state index in [4.69, 9.17) is 0 Å². The van der Waals surface area contributed by atoms with Crippen LogP contribution in [0.3, 0.4) is 0 Å². The van der Waals surface area contributed by atoms with E-state index >= 15 is 0 Å². The SMILES string of the molecule is CNCCCNS(=O)(=O)CCCN1C(=O)c2ccccc2C1=O.Cl. The number of carbonyl (C=O) groups is 2. The largest absolute Gasteiger partial charge is 0.320 e. The van der Waals surface area contributed by atoms with Crippen molar-refractivity contribution in [3.8, 4) is 0 Å². The molecule has 1 aromatic carbocycles. The van der Waals surface area contributed by atoms with Gasteiger partial charge in [0, 0.05) is 13.1 Å². The zero-order valence-corrected chi connectivity index (χ0v) is 15.1. The molecule has 1 aliphatic heterocycles. The highest BCUT2D eigenvalue weighted by atomic mass is 35.5. The molecule has 0 aromatic heterocycles. The lowest BCUT2D eigenvalue weighted by atomic mass is 10.1. The molecule has 0 saturated carbocycles. The second-order valence-electron chi connectivity index (χ2n) is 5.33. The van der Waals surface area contributed by atoms with Crippen LogP contribution in [0.1, 0.15) is 33.6 Å². The molecule has 2 N–H and O–H groups in total. The van der Waals surface area contributed by atoms with Gasteiger partial charge in [0.25, 0.3) is 11.8 Å². The number of hydrogen-bond acceptors (Lipinski definition) is 5. The Hall–Kier alpha value is -1.48. The number of carbonyl (C=O) groups excluding carboxylic acids is 2. The molecular formula is C15H22ClN3O4S. The second kappa shape index (κ2) is 9.12. The fraction of sp³-hybridized carbons (Fsp3) is 0.467. The number of halogens is 1. The average Bonchev–Trinajstić information content (AvgIpc) is 2.77. The van der Waals surface area contributed by atoms with Crippen molar-refractivity contribution in [3.05, 3.63) is 35.4 Å². The molecule has 0 atom stereocenters. The Balaban J connectivity index is 0.00000288. The van der Waals surface area contributed by atoms with Crippen LogP contribution in [0.25, 0.3) is 0 Å². The van der Waals surface area contributed by atoms with Crippen molar-refractivity contribution in [1.29, 1.82) is 0 Å². The molecule has 2 rings (SSSR count). The van der Waals surface area contributed by atoms with Crippen LogP contribution in [0.2, 0.25) is 0 Å². The van der Waals surface area contributed by atoms with Crippen LogP contribution in [0.4, 0.5) is 0 Å². The molecule has 0 radical (unpaired) electrons. The van der Waals surface area contributed by atoms with E-state index in [1.807, 2.05) is 0 Å². The highest BCUT2D eigenvalue weighted by molar-refractivity contribution is 7.89. The van der Waals surface area contributed by atoms with Crippen LogP contribution >= 0.6 is 12.4 Å². The summed E-state index contributed by atoms with van der Waals surface area (Å²) in [6.45, 7) is 1.21. The van der Waals surface area contributed by atoms with E-state index in [0.29, 0.717) is 24.1 Å². The maximum atomic E-state index is 12.1. The molecule has 0 spiro atoms. The van der Waals surface area contributed by atoms with Crippen molar-refractivity contribution >= 4 is 34.2 Å². The monoisotopic (exact) mass is 375 g/mol. The first kappa shape index (κ1) is 20.6. The zero-order chi connectivity index (χ0) is 16.9. The Bertz CT molecular complexity index is 659. The van der Waals surface area contributed by atoms with Gasteiger partial charge in [-0.05, 0) is 38.6 Å². The normalized spacial score (nSPS) is 13.8. The molecule has 1 aliphatic rings. The average molecular weight is 376 g/mol. The van der Waals surface area contributed by atoms with Gasteiger partial charge < -0.3 is 5.32 Å². The van der Waals surface area contributed by atoms with Gasteiger partial charge in [0.1, 0.15) is 0 Å². The lowest BCUT2D eigenvalue weighted by molar-refractivity contribution is 0.0654. The van der Waals surface area contributed by atoms with Crippen molar-refractivity contribution in [3.63, 3.8) is 0 Å². The minimum Gasteiger partial charge on any atom is -0.320 e. The van der Waals surface area contributed by atoms with Crippen molar-refractivity contribution in [2.45, 2.75) is 12.8 Å². The van der Waals surface area contributed by atoms with Crippen LogP contribution < -0.4 is 10.0 Å². The summed E-state index contributed by atoms with van der Waals surface area (Å²) in [4.78, 5) is 25.4. The first-order chi connectivity index (χ1) is 11.0. The molecule has 9 heteroatoms. The molecule has 134 valence electrons. The van der Waals surface area contributed by atoms with Crippen molar-refractivity contribution < 1.29 is 18.0 Å². The molecule has 1 aromatic rings. The summed E-state index contributed by atoms with van der Waals surface area (Å²) in [5.74, 6) is -0.824. The number of nitrogens with one attached hydrogen (secondary N) is 2. The van der Waals surface area contributed by atoms with E-state index in [-0.39, 0.29) is 42.9 Å². The molecule has 0 unspecified atom stereocenters. The number of sulfonamides is 1. The maximum Gasteiger partial charge on any atom is 0.261 e. The van der Waals surface area contributed by atoms with Crippen molar-refractivity contribution in [2.75, 3.05) is 32.4 Å². The molecule has 0 saturated heterocycles. The molecule has 24 heavy (non-hydrogen) atoms. The molecular weight excluding hydrogens is 354 g/mol. The van der Waals surface area contributed by atoms with Gasteiger partial charge in [-0.15, -0.1) is 12.4 Å². The highest BCUT2D eigenvalue weighted by Gasteiger charge is 2.34. The van der Waals surface area contributed by atoms with Gasteiger partial charge in [0.2, 0.25) is 10.0 Å².